The smallest absolute Gasteiger partial charge is 0.0456 e. The largest absolute Gasteiger partial charge is 0.396 e. The number of hydrogen-bond donors (Lipinski definition) is 2. The summed E-state index contributed by atoms with van der Waals surface area (Å²) in [6.45, 7) is 0.249. The zero-order valence-electron chi connectivity index (χ0n) is 7.76. The van der Waals surface area contributed by atoms with Gasteiger partial charge in [0.05, 0.1) is 0 Å². The number of nitrogens with one attached hydrogen (secondary N) is 1. The molecule has 2 aromatic rings. The Morgan fingerprint density at radius 1 is 1.29 bits per heavy atom. The van der Waals surface area contributed by atoms with Gasteiger partial charge in [0.1, 0.15) is 0 Å². The minimum absolute atomic E-state index is 0.249. The summed E-state index contributed by atoms with van der Waals surface area (Å²) in [5, 5.41) is 9.94. The number of aromatic nitrogens is 1. The summed E-state index contributed by atoms with van der Waals surface area (Å²) in [7, 11) is 0. The molecule has 0 aliphatic heterocycles. The molecule has 0 fully saturated rings. The Bertz CT molecular complexity index is 436. The second-order valence-electron chi connectivity index (χ2n) is 3.35. The molecule has 0 amide bonds. The van der Waals surface area contributed by atoms with E-state index in [0.29, 0.717) is 0 Å². The number of hydrogen-bond acceptors (Lipinski definition) is 1. The van der Waals surface area contributed by atoms with Crippen LogP contribution < -0.4 is 0 Å². The van der Waals surface area contributed by atoms with E-state index < -0.39 is 0 Å². The van der Waals surface area contributed by atoms with Crippen molar-refractivity contribution in [3.05, 3.63) is 34.4 Å². The topological polar surface area (TPSA) is 36.0 Å². The number of aliphatic hydroxyl groups excluding tert-OH is 1. The minimum atomic E-state index is 0.249. The maximum atomic E-state index is 8.73. The first-order valence-electron chi connectivity index (χ1n) is 4.67. The fraction of sp³-hybridized carbons (Fsp3) is 0.273. The van der Waals surface area contributed by atoms with Gasteiger partial charge in [0.2, 0.25) is 0 Å². The molecule has 1 heterocycles. The maximum absolute atomic E-state index is 8.73. The molecule has 0 aliphatic rings. The number of rotatable bonds is 3. The third-order valence-corrected chi connectivity index (χ3v) is 2.74. The van der Waals surface area contributed by atoms with Crippen LogP contribution in [-0.4, -0.2) is 16.7 Å². The van der Waals surface area contributed by atoms with E-state index in [2.05, 4.69) is 39.1 Å². The highest BCUT2D eigenvalue weighted by Gasteiger charge is 2.00. The molecule has 14 heavy (non-hydrogen) atoms. The average molecular weight is 254 g/mol. The molecular weight excluding hydrogens is 242 g/mol. The quantitative estimate of drug-likeness (QED) is 0.868. The van der Waals surface area contributed by atoms with E-state index in [1.165, 1.54) is 11.1 Å². The average Bonchev–Trinajstić information content (AvgIpc) is 2.56. The summed E-state index contributed by atoms with van der Waals surface area (Å²) < 4.78 is 1.10. The fourth-order valence-electron chi connectivity index (χ4n) is 1.57. The van der Waals surface area contributed by atoms with Gasteiger partial charge < -0.3 is 10.1 Å². The normalized spacial score (nSPS) is 11.0. The molecular formula is C11H12BrNO. The Morgan fingerprint density at radius 2 is 2.14 bits per heavy atom. The van der Waals surface area contributed by atoms with Gasteiger partial charge in [-0.3, -0.25) is 0 Å². The first kappa shape index (κ1) is 9.74. The summed E-state index contributed by atoms with van der Waals surface area (Å²) in [6.07, 6.45) is 1.72. The zero-order valence-corrected chi connectivity index (χ0v) is 9.34. The summed E-state index contributed by atoms with van der Waals surface area (Å²) in [6, 6.07) is 8.31. The van der Waals surface area contributed by atoms with Crippen molar-refractivity contribution in [1.82, 2.24) is 4.98 Å². The van der Waals surface area contributed by atoms with Gasteiger partial charge in [0.25, 0.3) is 0 Å². The number of aryl methyl sites for hydroxylation is 1. The van der Waals surface area contributed by atoms with E-state index in [0.717, 1.165) is 22.8 Å². The second-order valence-corrected chi connectivity index (χ2v) is 4.27. The van der Waals surface area contributed by atoms with Gasteiger partial charge in [-0.15, -0.1) is 0 Å². The van der Waals surface area contributed by atoms with Gasteiger partial charge in [-0.05, 0) is 37.1 Å². The highest BCUT2D eigenvalue weighted by atomic mass is 79.9. The second kappa shape index (κ2) is 4.15. The molecule has 0 atom stereocenters. The van der Waals surface area contributed by atoms with Crippen LogP contribution in [0.4, 0.5) is 0 Å². The highest BCUT2D eigenvalue weighted by molar-refractivity contribution is 9.10. The number of H-pyrrole nitrogens is 1. The Labute approximate surface area is 91.1 Å². The van der Waals surface area contributed by atoms with Gasteiger partial charge in [-0.1, -0.05) is 15.9 Å². The van der Waals surface area contributed by atoms with Crippen LogP contribution in [0.2, 0.25) is 0 Å². The summed E-state index contributed by atoms with van der Waals surface area (Å²) >= 11 is 3.44. The molecule has 0 saturated carbocycles. The van der Waals surface area contributed by atoms with E-state index in [1.807, 2.05) is 6.07 Å². The van der Waals surface area contributed by atoms with E-state index in [9.17, 15) is 0 Å². The molecule has 0 radical (unpaired) electrons. The molecule has 0 unspecified atom stereocenters. The molecule has 2 nitrogen and oxygen atoms in total. The van der Waals surface area contributed by atoms with Gasteiger partial charge in [-0.2, -0.15) is 0 Å². The summed E-state index contributed by atoms with van der Waals surface area (Å²) in [4.78, 5) is 3.33. The third kappa shape index (κ3) is 1.99. The molecule has 0 aliphatic carbocycles. The molecule has 0 bridgehead atoms. The zero-order chi connectivity index (χ0) is 9.97. The first-order chi connectivity index (χ1) is 6.79. The lowest BCUT2D eigenvalue weighted by atomic mass is 10.2. The third-order valence-electron chi connectivity index (χ3n) is 2.24. The van der Waals surface area contributed by atoms with Crippen molar-refractivity contribution in [3.63, 3.8) is 0 Å². The number of benzene rings is 1. The van der Waals surface area contributed by atoms with Crippen molar-refractivity contribution >= 4 is 26.8 Å². The van der Waals surface area contributed by atoms with E-state index >= 15 is 0 Å². The van der Waals surface area contributed by atoms with Crippen LogP contribution in [0.3, 0.4) is 0 Å². The number of fused-ring (bicyclic) bond motifs is 1. The van der Waals surface area contributed by atoms with Crippen LogP contribution in [0, 0.1) is 0 Å². The van der Waals surface area contributed by atoms with Crippen LogP contribution >= 0.6 is 15.9 Å². The van der Waals surface area contributed by atoms with Crippen LogP contribution in [0.5, 0.6) is 0 Å². The van der Waals surface area contributed by atoms with Crippen LogP contribution in [-0.2, 0) is 6.42 Å². The summed E-state index contributed by atoms with van der Waals surface area (Å²) in [5.74, 6) is 0. The lowest BCUT2D eigenvalue weighted by Gasteiger charge is -1.92. The van der Waals surface area contributed by atoms with E-state index in [1.54, 1.807) is 0 Å². The van der Waals surface area contributed by atoms with Crippen molar-refractivity contribution in [2.75, 3.05) is 6.61 Å². The van der Waals surface area contributed by atoms with Crippen LogP contribution in [0.25, 0.3) is 10.9 Å². The van der Waals surface area contributed by atoms with Crippen molar-refractivity contribution < 1.29 is 5.11 Å². The number of aliphatic hydroxyl groups is 1. The predicted octanol–water partition coefficient (Wildman–Crippen LogP) is 2.86. The Morgan fingerprint density at radius 3 is 2.93 bits per heavy atom. The van der Waals surface area contributed by atoms with Crippen molar-refractivity contribution in [2.24, 2.45) is 0 Å². The fourth-order valence-corrected chi connectivity index (χ4v) is 1.95. The van der Waals surface area contributed by atoms with Gasteiger partial charge in [0, 0.05) is 27.7 Å². The van der Waals surface area contributed by atoms with Crippen molar-refractivity contribution in [1.29, 1.82) is 0 Å². The van der Waals surface area contributed by atoms with Gasteiger partial charge >= 0.3 is 0 Å². The standard InChI is InChI=1S/C11H12BrNO/c12-9-3-4-11-8(6-9)7-10(13-11)2-1-5-14/h3-4,6-7,13-14H,1-2,5H2. The molecule has 3 heteroatoms. The summed E-state index contributed by atoms with van der Waals surface area (Å²) in [5.41, 5.74) is 2.34. The Balaban J connectivity index is 2.32. The molecule has 74 valence electrons. The molecule has 1 aromatic heterocycles. The van der Waals surface area contributed by atoms with Crippen LogP contribution in [0.1, 0.15) is 12.1 Å². The molecule has 0 spiro atoms. The Hall–Kier alpha value is -0.800. The minimum Gasteiger partial charge on any atom is -0.396 e. The predicted molar refractivity (Wildman–Crippen MR) is 61.4 cm³/mol. The van der Waals surface area contributed by atoms with Gasteiger partial charge in [0.15, 0.2) is 0 Å². The van der Waals surface area contributed by atoms with Crippen LogP contribution in [0.15, 0.2) is 28.7 Å². The van der Waals surface area contributed by atoms with Crippen molar-refractivity contribution in [3.8, 4) is 0 Å². The molecule has 2 rings (SSSR count). The SMILES string of the molecule is OCCCc1cc2cc(Br)ccc2[nH]1. The van der Waals surface area contributed by atoms with E-state index in [4.69, 9.17) is 5.11 Å². The number of aromatic amines is 1. The Kier molecular flexibility index (Phi) is 2.89. The highest BCUT2D eigenvalue weighted by Crippen LogP contribution is 2.20. The van der Waals surface area contributed by atoms with Gasteiger partial charge in [-0.25, -0.2) is 0 Å². The van der Waals surface area contributed by atoms with Crippen molar-refractivity contribution in [2.45, 2.75) is 12.8 Å². The molecule has 2 N–H and O–H groups in total. The molecule has 1 aromatic carbocycles. The number of halogens is 1. The lowest BCUT2D eigenvalue weighted by molar-refractivity contribution is 0.288. The first-order valence-corrected chi connectivity index (χ1v) is 5.47. The monoisotopic (exact) mass is 253 g/mol. The maximum Gasteiger partial charge on any atom is 0.0456 e. The lowest BCUT2D eigenvalue weighted by Crippen LogP contribution is -1.88. The molecule has 0 saturated heterocycles. The van der Waals surface area contributed by atoms with E-state index in [-0.39, 0.29) is 6.61 Å².